The molecule has 0 spiro atoms. The van der Waals surface area contributed by atoms with Crippen molar-refractivity contribution < 1.29 is 14.3 Å². The summed E-state index contributed by atoms with van der Waals surface area (Å²) in [7, 11) is 1.56. The quantitative estimate of drug-likeness (QED) is 0.244. The average molecular weight is 469 g/mol. The fourth-order valence-corrected chi connectivity index (χ4v) is 3.69. The van der Waals surface area contributed by atoms with E-state index < -0.39 is 5.91 Å². The molecular formula is C28H21ClN2O3. The number of hydrogen-bond acceptors (Lipinski definition) is 4. The standard InChI is InChI=1S/C28H21ClN2O3/c1-33-25-12-10-24(11-13-25)31-28(32)22(17-30)15-21-16-23(29)9-14-27(21)34-18-20-7-4-6-19-5-2-3-8-26(19)20/h2-16H,18H2,1H3,(H,31,32)/b22-15+. The van der Waals surface area contributed by atoms with E-state index in [9.17, 15) is 10.1 Å². The van der Waals surface area contributed by atoms with E-state index in [0.29, 0.717) is 34.4 Å². The zero-order valence-electron chi connectivity index (χ0n) is 18.4. The fourth-order valence-electron chi connectivity index (χ4n) is 3.51. The van der Waals surface area contributed by atoms with Crippen molar-refractivity contribution in [3.63, 3.8) is 0 Å². The lowest BCUT2D eigenvalue weighted by Gasteiger charge is -2.12. The second-order valence-corrected chi connectivity index (χ2v) is 7.90. The summed E-state index contributed by atoms with van der Waals surface area (Å²) in [5.74, 6) is 0.649. The van der Waals surface area contributed by atoms with Crippen molar-refractivity contribution in [1.29, 1.82) is 5.26 Å². The molecular weight excluding hydrogens is 448 g/mol. The number of carbonyl (C=O) groups excluding carboxylic acids is 1. The highest BCUT2D eigenvalue weighted by Crippen LogP contribution is 2.28. The van der Waals surface area contributed by atoms with Gasteiger partial charge in [0, 0.05) is 16.3 Å². The summed E-state index contributed by atoms with van der Waals surface area (Å²) in [6, 6.07) is 28.0. The van der Waals surface area contributed by atoms with Crippen LogP contribution in [0.2, 0.25) is 5.02 Å². The van der Waals surface area contributed by atoms with E-state index in [1.807, 2.05) is 36.4 Å². The van der Waals surface area contributed by atoms with Gasteiger partial charge in [-0.2, -0.15) is 5.26 Å². The van der Waals surface area contributed by atoms with Crippen LogP contribution in [0.25, 0.3) is 16.8 Å². The predicted octanol–water partition coefficient (Wildman–Crippen LogP) is 6.63. The summed E-state index contributed by atoms with van der Waals surface area (Å²) in [6.45, 7) is 0.323. The van der Waals surface area contributed by atoms with Gasteiger partial charge in [-0.25, -0.2) is 0 Å². The molecule has 0 aliphatic rings. The maximum absolute atomic E-state index is 12.7. The number of nitrogens with zero attached hydrogens (tertiary/aromatic N) is 1. The van der Waals surface area contributed by atoms with Crippen LogP contribution in [0.1, 0.15) is 11.1 Å². The number of hydrogen-bond donors (Lipinski definition) is 1. The Hall–Kier alpha value is -4.27. The van der Waals surface area contributed by atoms with Crippen LogP contribution in [-0.4, -0.2) is 13.0 Å². The number of nitrogens with one attached hydrogen (secondary N) is 1. The van der Waals surface area contributed by atoms with Gasteiger partial charge in [0.25, 0.3) is 5.91 Å². The molecule has 4 rings (SSSR count). The second-order valence-electron chi connectivity index (χ2n) is 7.46. The molecule has 0 aliphatic carbocycles. The zero-order valence-corrected chi connectivity index (χ0v) is 19.2. The molecule has 0 unspecified atom stereocenters. The van der Waals surface area contributed by atoms with Gasteiger partial charge in [0.2, 0.25) is 0 Å². The van der Waals surface area contributed by atoms with Crippen molar-refractivity contribution in [1.82, 2.24) is 0 Å². The molecule has 168 valence electrons. The summed E-state index contributed by atoms with van der Waals surface area (Å²) < 4.78 is 11.2. The van der Waals surface area contributed by atoms with E-state index in [1.165, 1.54) is 6.08 Å². The van der Waals surface area contributed by atoms with Crippen LogP contribution < -0.4 is 14.8 Å². The molecule has 0 bridgehead atoms. The minimum absolute atomic E-state index is 0.0758. The number of anilines is 1. The van der Waals surface area contributed by atoms with Crippen molar-refractivity contribution in [3.05, 3.63) is 107 Å². The summed E-state index contributed by atoms with van der Waals surface area (Å²) >= 11 is 6.20. The van der Waals surface area contributed by atoms with E-state index in [2.05, 4.69) is 17.4 Å². The van der Waals surface area contributed by atoms with Gasteiger partial charge in [0.1, 0.15) is 29.7 Å². The molecule has 6 heteroatoms. The Labute approximate surface area is 202 Å². The van der Waals surface area contributed by atoms with E-state index in [1.54, 1.807) is 49.6 Å². The normalized spacial score (nSPS) is 11.0. The van der Waals surface area contributed by atoms with Gasteiger partial charge in [-0.1, -0.05) is 54.1 Å². The van der Waals surface area contributed by atoms with Crippen LogP contribution >= 0.6 is 11.6 Å². The molecule has 0 radical (unpaired) electrons. The van der Waals surface area contributed by atoms with Crippen molar-refractivity contribution in [2.24, 2.45) is 0 Å². The number of amides is 1. The lowest BCUT2D eigenvalue weighted by Crippen LogP contribution is -2.13. The largest absolute Gasteiger partial charge is 0.497 e. The molecule has 0 heterocycles. The first-order valence-electron chi connectivity index (χ1n) is 10.5. The fraction of sp³-hybridized carbons (Fsp3) is 0.0714. The molecule has 0 saturated heterocycles. The minimum atomic E-state index is -0.535. The Morgan fingerprint density at radius 3 is 2.56 bits per heavy atom. The Morgan fingerprint density at radius 2 is 1.79 bits per heavy atom. The molecule has 34 heavy (non-hydrogen) atoms. The number of methoxy groups -OCH3 is 1. The zero-order chi connectivity index (χ0) is 23.9. The van der Waals surface area contributed by atoms with Gasteiger partial charge in [-0.15, -0.1) is 0 Å². The van der Waals surface area contributed by atoms with Crippen molar-refractivity contribution >= 4 is 40.0 Å². The highest BCUT2D eigenvalue weighted by atomic mass is 35.5. The molecule has 0 saturated carbocycles. The predicted molar refractivity (Wildman–Crippen MR) is 135 cm³/mol. The van der Waals surface area contributed by atoms with Crippen molar-refractivity contribution in [3.8, 4) is 17.6 Å². The van der Waals surface area contributed by atoms with Crippen molar-refractivity contribution in [2.75, 3.05) is 12.4 Å². The van der Waals surface area contributed by atoms with Gasteiger partial charge < -0.3 is 14.8 Å². The van der Waals surface area contributed by atoms with Gasteiger partial charge in [-0.3, -0.25) is 4.79 Å². The molecule has 0 aromatic heterocycles. The monoisotopic (exact) mass is 468 g/mol. The molecule has 4 aromatic rings. The number of carbonyl (C=O) groups is 1. The number of halogens is 1. The Morgan fingerprint density at radius 1 is 1.03 bits per heavy atom. The van der Waals surface area contributed by atoms with E-state index in [0.717, 1.165) is 16.3 Å². The number of rotatable bonds is 7. The molecule has 5 nitrogen and oxygen atoms in total. The van der Waals surface area contributed by atoms with Gasteiger partial charge in [0.05, 0.1) is 7.11 Å². The van der Waals surface area contributed by atoms with Crippen LogP contribution in [0.4, 0.5) is 5.69 Å². The third-order valence-corrected chi connectivity index (χ3v) is 5.48. The first-order valence-corrected chi connectivity index (χ1v) is 10.9. The first kappa shape index (κ1) is 22.9. The first-order chi connectivity index (χ1) is 16.6. The van der Waals surface area contributed by atoms with Crippen LogP contribution in [0.15, 0.2) is 90.5 Å². The van der Waals surface area contributed by atoms with Gasteiger partial charge >= 0.3 is 0 Å². The Kier molecular flexibility index (Phi) is 7.12. The number of ether oxygens (including phenoxy) is 2. The van der Waals surface area contributed by atoms with E-state index in [-0.39, 0.29) is 5.57 Å². The van der Waals surface area contributed by atoms with Crippen molar-refractivity contribution in [2.45, 2.75) is 6.61 Å². The van der Waals surface area contributed by atoms with Crippen LogP contribution in [0.5, 0.6) is 11.5 Å². The molecule has 0 fully saturated rings. The molecule has 0 atom stereocenters. The Bertz CT molecular complexity index is 1400. The lowest BCUT2D eigenvalue weighted by atomic mass is 10.1. The van der Waals surface area contributed by atoms with E-state index >= 15 is 0 Å². The smallest absolute Gasteiger partial charge is 0.266 e. The number of nitriles is 1. The maximum atomic E-state index is 12.7. The van der Waals surface area contributed by atoms with Gasteiger partial charge in [0.15, 0.2) is 0 Å². The summed E-state index contributed by atoms with van der Waals surface area (Å²) in [6.07, 6.45) is 1.48. The number of benzene rings is 4. The highest BCUT2D eigenvalue weighted by Gasteiger charge is 2.13. The summed E-state index contributed by atoms with van der Waals surface area (Å²) in [5, 5.41) is 15.0. The average Bonchev–Trinajstić information content (AvgIpc) is 2.87. The maximum Gasteiger partial charge on any atom is 0.266 e. The van der Waals surface area contributed by atoms with E-state index in [4.69, 9.17) is 21.1 Å². The third-order valence-electron chi connectivity index (χ3n) is 5.25. The van der Waals surface area contributed by atoms with Crippen LogP contribution in [-0.2, 0) is 11.4 Å². The second kappa shape index (κ2) is 10.6. The number of fused-ring (bicyclic) bond motifs is 1. The molecule has 4 aromatic carbocycles. The highest BCUT2D eigenvalue weighted by molar-refractivity contribution is 6.30. The molecule has 0 aliphatic heterocycles. The minimum Gasteiger partial charge on any atom is -0.497 e. The Balaban J connectivity index is 1.57. The van der Waals surface area contributed by atoms with Crippen LogP contribution in [0.3, 0.4) is 0 Å². The topological polar surface area (TPSA) is 71.3 Å². The summed E-state index contributed by atoms with van der Waals surface area (Å²) in [5.41, 5.74) is 2.04. The molecule has 1 amide bonds. The van der Waals surface area contributed by atoms with Gasteiger partial charge in [-0.05, 0) is 64.9 Å². The third kappa shape index (κ3) is 5.37. The molecule has 1 N–H and O–H groups in total. The SMILES string of the molecule is COc1ccc(NC(=O)/C(C#N)=C/c2cc(Cl)ccc2OCc2cccc3ccccc23)cc1. The lowest BCUT2D eigenvalue weighted by molar-refractivity contribution is -0.112. The van der Waals surface area contributed by atoms with Crippen LogP contribution in [0, 0.1) is 11.3 Å². The summed E-state index contributed by atoms with van der Waals surface area (Å²) in [4.78, 5) is 12.7.